The number of aliphatic hydroxyl groups is 1. The van der Waals surface area contributed by atoms with Crippen molar-refractivity contribution in [1.29, 1.82) is 0 Å². The summed E-state index contributed by atoms with van der Waals surface area (Å²) in [6.45, 7) is 1.57. The van der Waals surface area contributed by atoms with Gasteiger partial charge in [0.15, 0.2) is 5.43 Å². The standard InChI is InChI=1S/C23H22O10.Na/c1-3-30-23(28)15-8-7-14(9-19(15)29-2)31-11-13(24)12-32-17-5-4-6-18-21(17)16(25)10-20(33-18)22(26)27;/h4-10,13,24H,3,11-12H2,1-2H3,(H,26,27);. The third-order valence-corrected chi connectivity index (χ3v) is 4.47. The first-order valence-corrected chi connectivity index (χ1v) is 9.93. The Morgan fingerprint density at radius 2 is 1.79 bits per heavy atom. The Hall–Kier alpha value is -3.05. The summed E-state index contributed by atoms with van der Waals surface area (Å²) in [5.41, 5.74) is -0.280. The van der Waals surface area contributed by atoms with E-state index in [1.165, 1.54) is 43.5 Å². The molecule has 1 heterocycles. The summed E-state index contributed by atoms with van der Waals surface area (Å²) in [4.78, 5) is 35.3. The first-order valence-electron chi connectivity index (χ1n) is 9.93. The smallest absolute Gasteiger partial charge is 0.371 e. The van der Waals surface area contributed by atoms with Gasteiger partial charge in [0.25, 0.3) is 0 Å². The van der Waals surface area contributed by atoms with Gasteiger partial charge in [-0.3, -0.25) is 4.79 Å². The summed E-state index contributed by atoms with van der Waals surface area (Å²) in [6.07, 6.45) is -1.07. The molecule has 175 valence electrons. The number of aliphatic hydroxyl groups excluding tert-OH is 1. The number of hydrogen-bond donors (Lipinski definition) is 2. The molecule has 10 nitrogen and oxygen atoms in total. The monoisotopic (exact) mass is 481 g/mol. The summed E-state index contributed by atoms with van der Waals surface area (Å²) >= 11 is 0. The maximum Gasteiger partial charge on any atom is 0.371 e. The number of aromatic carboxylic acids is 1. The number of esters is 1. The molecule has 0 aliphatic carbocycles. The molecule has 0 fully saturated rings. The molecule has 0 bridgehead atoms. The van der Waals surface area contributed by atoms with Crippen LogP contribution in [0.3, 0.4) is 0 Å². The Bertz CT molecular complexity index is 1220. The van der Waals surface area contributed by atoms with Crippen molar-refractivity contribution >= 4 is 52.5 Å². The third-order valence-electron chi connectivity index (χ3n) is 4.47. The van der Waals surface area contributed by atoms with Gasteiger partial charge in [0, 0.05) is 41.7 Å². The van der Waals surface area contributed by atoms with Crippen LogP contribution in [0.5, 0.6) is 17.2 Å². The predicted octanol–water partition coefficient (Wildman–Crippen LogP) is 2.11. The topological polar surface area (TPSA) is 142 Å². The Balaban J connectivity index is 0.00000408. The minimum absolute atomic E-state index is 0. The van der Waals surface area contributed by atoms with Crippen molar-refractivity contribution in [1.82, 2.24) is 0 Å². The van der Waals surface area contributed by atoms with E-state index in [9.17, 15) is 19.5 Å². The molecule has 0 saturated carbocycles. The number of rotatable bonds is 10. The second-order valence-corrected chi connectivity index (χ2v) is 6.77. The van der Waals surface area contributed by atoms with Crippen LogP contribution < -0.4 is 19.6 Å². The zero-order chi connectivity index (χ0) is 24.0. The van der Waals surface area contributed by atoms with Crippen LogP contribution in [0.4, 0.5) is 0 Å². The van der Waals surface area contributed by atoms with Gasteiger partial charge in [-0.05, 0) is 31.2 Å². The largest absolute Gasteiger partial charge is 0.496 e. The molecule has 1 aromatic heterocycles. The fourth-order valence-corrected chi connectivity index (χ4v) is 2.97. The molecule has 1 unspecified atom stereocenters. The predicted molar refractivity (Wildman–Crippen MR) is 121 cm³/mol. The average Bonchev–Trinajstić information content (AvgIpc) is 2.80. The van der Waals surface area contributed by atoms with Crippen molar-refractivity contribution in [3.63, 3.8) is 0 Å². The Morgan fingerprint density at radius 1 is 1.06 bits per heavy atom. The molecule has 0 spiro atoms. The molecule has 34 heavy (non-hydrogen) atoms. The number of methoxy groups -OCH3 is 1. The van der Waals surface area contributed by atoms with Gasteiger partial charge in [-0.1, -0.05) is 6.07 Å². The normalized spacial score (nSPS) is 11.3. The number of carbonyl (C=O) groups excluding carboxylic acids is 1. The van der Waals surface area contributed by atoms with Crippen LogP contribution in [-0.4, -0.2) is 84.7 Å². The van der Waals surface area contributed by atoms with Crippen molar-refractivity contribution < 1.29 is 43.2 Å². The maximum atomic E-state index is 12.3. The van der Waals surface area contributed by atoms with Crippen molar-refractivity contribution in [3.8, 4) is 17.2 Å². The summed E-state index contributed by atoms with van der Waals surface area (Å²) in [7, 11) is 1.41. The second kappa shape index (κ2) is 12.4. The number of ether oxygens (including phenoxy) is 4. The first-order chi connectivity index (χ1) is 15.8. The molecule has 3 aromatic rings. The van der Waals surface area contributed by atoms with Gasteiger partial charge in [-0.15, -0.1) is 0 Å². The van der Waals surface area contributed by atoms with Gasteiger partial charge >= 0.3 is 11.9 Å². The van der Waals surface area contributed by atoms with E-state index in [0.29, 0.717) is 5.75 Å². The SMILES string of the molecule is CCOC(=O)c1ccc(OCC(O)COc2cccc3oc(C(=O)O)cc(=O)c23)cc1OC.[Na]. The van der Waals surface area contributed by atoms with E-state index in [4.69, 9.17) is 28.5 Å². The summed E-state index contributed by atoms with van der Waals surface area (Å²) in [5.74, 6) is -1.62. The number of carboxylic acids is 1. The molecule has 2 aromatic carbocycles. The molecule has 0 aliphatic rings. The van der Waals surface area contributed by atoms with Crippen LogP contribution >= 0.6 is 0 Å². The van der Waals surface area contributed by atoms with Crippen molar-refractivity contribution in [2.24, 2.45) is 0 Å². The molecular formula is C23H22NaO10. The van der Waals surface area contributed by atoms with Crippen LogP contribution in [-0.2, 0) is 4.74 Å². The fraction of sp³-hybridized carbons (Fsp3) is 0.261. The molecule has 0 aliphatic heterocycles. The van der Waals surface area contributed by atoms with Crippen molar-refractivity contribution in [2.45, 2.75) is 13.0 Å². The number of carboxylic acid groups (broad SMARTS) is 1. The van der Waals surface area contributed by atoms with Gasteiger partial charge in [-0.25, -0.2) is 9.59 Å². The molecule has 1 radical (unpaired) electrons. The van der Waals surface area contributed by atoms with E-state index in [1.54, 1.807) is 6.92 Å². The van der Waals surface area contributed by atoms with Crippen molar-refractivity contribution in [2.75, 3.05) is 26.9 Å². The minimum Gasteiger partial charge on any atom is -0.496 e. The number of hydrogen-bond acceptors (Lipinski definition) is 9. The second-order valence-electron chi connectivity index (χ2n) is 6.77. The van der Waals surface area contributed by atoms with Crippen LogP contribution in [0, 0.1) is 0 Å². The molecule has 11 heteroatoms. The summed E-state index contributed by atoms with van der Waals surface area (Å²) in [6, 6.07) is 9.88. The number of benzene rings is 2. The average molecular weight is 481 g/mol. The fourth-order valence-electron chi connectivity index (χ4n) is 2.97. The third kappa shape index (κ3) is 6.51. The van der Waals surface area contributed by atoms with E-state index >= 15 is 0 Å². The van der Waals surface area contributed by atoms with Gasteiger partial charge in [0.05, 0.1) is 13.7 Å². The van der Waals surface area contributed by atoms with Crippen molar-refractivity contribution in [3.05, 3.63) is 64.0 Å². The van der Waals surface area contributed by atoms with Crippen LogP contribution in [0.25, 0.3) is 11.0 Å². The van der Waals surface area contributed by atoms with Gasteiger partial charge in [0.2, 0.25) is 5.76 Å². The number of fused-ring (bicyclic) bond motifs is 1. The molecule has 0 amide bonds. The molecule has 2 N–H and O–H groups in total. The molecule has 3 rings (SSSR count). The molecule has 1 atom stereocenters. The summed E-state index contributed by atoms with van der Waals surface area (Å²) in [5, 5.41) is 19.3. The van der Waals surface area contributed by atoms with Gasteiger partial charge < -0.3 is 33.6 Å². The Kier molecular flexibility index (Phi) is 9.94. The number of carbonyl (C=O) groups is 2. The maximum absolute atomic E-state index is 12.3. The van der Waals surface area contributed by atoms with Gasteiger partial charge in [-0.2, -0.15) is 0 Å². The zero-order valence-corrected chi connectivity index (χ0v) is 20.9. The minimum atomic E-state index is -1.36. The van der Waals surface area contributed by atoms with E-state index in [-0.39, 0.29) is 77.4 Å². The van der Waals surface area contributed by atoms with E-state index < -0.39 is 29.2 Å². The Labute approximate surface area is 216 Å². The Morgan fingerprint density at radius 3 is 2.47 bits per heavy atom. The summed E-state index contributed by atoms with van der Waals surface area (Å²) < 4.78 is 26.5. The van der Waals surface area contributed by atoms with Crippen LogP contribution in [0.15, 0.2) is 51.7 Å². The van der Waals surface area contributed by atoms with E-state index in [1.807, 2.05) is 0 Å². The first kappa shape index (κ1) is 27.2. The van der Waals surface area contributed by atoms with Crippen LogP contribution in [0.2, 0.25) is 0 Å². The quantitative estimate of drug-likeness (QED) is 0.327. The van der Waals surface area contributed by atoms with Crippen LogP contribution in [0.1, 0.15) is 27.8 Å². The molecule has 0 saturated heterocycles. The molecular weight excluding hydrogens is 459 g/mol. The van der Waals surface area contributed by atoms with E-state index in [2.05, 4.69) is 0 Å². The van der Waals surface area contributed by atoms with E-state index in [0.717, 1.165) is 6.07 Å². The van der Waals surface area contributed by atoms with Gasteiger partial charge in [0.1, 0.15) is 53.1 Å². The zero-order valence-electron chi connectivity index (χ0n) is 18.9.